The number of allylic oxidation sites excluding steroid dienone is 1. The minimum absolute atomic E-state index is 0.188. The third kappa shape index (κ3) is 3.71. The van der Waals surface area contributed by atoms with Crippen LogP contribution in [0.3, 0.4) is 0 Å². The normalized spacial score (nSPS) is 20.5. The van der Waals surface area contributed by atoms with Crippen molar-refractivity contribution in [3.05, 3.63) is 47.6 Å². The fourth-order valence-corrected chi connectivity index (χ4v) is 3.92. The number of imidazole rings is 1. The molecule has 1 aromatic carbocycles. The molecule has 2 atom stereocenters. The first kappa shape index (κ1) is 19.1. The third-order valence-electron chi connectivity index (χ3n) is 5.33. The van der Waals surface area contributed by atoms with E-state index in [1.165, 1.54) is 6.20 Å². The van der Waals surface area contributed by atoms with Gasteiger partial charge in [0.2, 0.25) is 0 Å². The number of hydrogen-bond acceptors (Lipinski definition) is 6. The molecule has 7 nitrogen and oxygen atoms in total. The van der Waals surface area contributed by atoms with Crippen LogP contribution in [-0.2, 0) is 11.3 Å². The Morgan fingerprint density at radius 2 is 2.31 bits per heavy atom. The molecule has 3 heterocycles. The molecular weight excluding hydrogens is 364 g/mol. The van der Waals surface area contributed by atoms with Crippen LogP contribution in [0.4, 0.5) is 0 Å². The standard InChI is InChI=1S/C22H24N6O/c1-14(9-23)11-25-13-21-27-20-12-26-19-4-3-16(10-24)8-18(19)22(20)28(21)17-5-6-29-15(2)7-17/h3-4,8-9,11-12,15,17H,5-7,13,23H2,1-2H3. The monoisotopic (exact) mass is 388 g/mol. The number of nitriles is 1. The first-order chi connectivity index (χ1) is 14.1. The van der Waals surface area contributed by atoms with Crippen molar-refractivity contribution in [1.29, 1.82) is 5.26 Å². The van der Waals surface area contributed by atoms with Crippen molar-refractivity contribution in [1.82, 2.24) is 14.5 Å². The van der Waals surface area contributed by atoms with E-state index in [0.29, 0.717) is 12.1 Å². The van der Waals surface area contributed by atoms with Crippen LogP contribution >= 0.6 is 0 Å². The molecule has 0 amide bonds. The zero-order valence-electron chi connectivity index (χ0n) is 16.7. The van der Waals surface area contributed by atoms with Crippen LogP contribution in [0.5, 0.6) is 0 Å². The van der Waals surface area contributed by atoms with Gasteiger partial charge in [-0.2, -0.15) is 5.26 Å². The summed E-state index contributed by atoms with van der Waals surface area (Å²) < 4.78 is 8.06. The second kappa shape index (κ2) is 8.02. The molecule has 2 aromatic heterocycles. The number of hydrogen-bond donors (Lipinski definition) is 1. The minimum atomic E-state index is 0.188. The number of nitrogens with two attached hydrogens (primary N) is 1. The smallest absolute Gasteiger partial charge is 0.131 e. The molecular formula is C22H24N6O. The topological polar surface area (TPSA) is 102 Å². The molecule has 2 unspecified atom stereocenters. The lowest BCUT2D eigenvalue weighted by Crippen LogP contribution is -2.26. The summed E-state index contributed by atoms with van der Waals surface area (Å²) in [4.78, 5) is 13.9. The highest BCUT2D eigenvalue weighted by Crippen LogP contribution is 2.34. The predicted molar refractivity (Wildman–Crippen MR) is 114 cm³/mol. The summed E-state index contributed by atoms with van der Waals surface area (Å²) in [5.74, 6) is 0.886. The van der Waals surface area contributed by atoms with Crippen molar-refractivity contribution >= 4 is 28.2 Å². The fraction of sp³-hybridized carbons (Fsp3) is 0.364. The maximum atomic E-state index is 9.37. The first-order valence-electron chi connectivity index (χ1n) is 9.80. The molecule has 1 saturated heterocycles. The number of aliphatic imine (C=N–C) groups is 1. The second-order valence-electron chi connectivity index (χ2n) is 7.47. The summed E-state index contributed by atoms with van der Waals surface area (Å²) in [7, 11) is 0. The Hall–Kier alpha value is -3.24. The molecule has 0 aliphatic carbocycles. The van der Waals surface area contributed by atoms with E-state index >= 15 is 0 Å². The van der Waals surface area contributed by atoms with Gasteiger partial charge in [0.1, 0.15) is 11.3 Å². The van der Waals surface area contributed by atoms with E-state index in [-0.39, 0.29) is 12.1 Å². The first-order valence-corrected chi connectivity index (χ1v) is 9.80. The Morgan fingerprint density at radius 1 is 1.45 bits per heavy atom. The van der Waals surface area contributed by atoms with Crippen LogP contribution in [0, 0.1) is 11.3 Å². The Bertz CT molecular complexity index is 1150. The summed E-state index contributed by atoms with van der Waals surface area (Å²) in [5, 5.41) is 10.3. The van der Waals surface area contributed by atoms with Crippen LogP contribution in [0.1, 0.15) is 44.1 Å². The van der Waals surface area contributed by atoms with Gasteiger partial charge in [-0.15, -0.1) is 0 Å². The van der Waals surface area contributed by atoms with Crippen molar-refractivity contribution in [3.8, 4) is 6.07 Å². The summed E-state index contributed by atoms with van der Waals surface area (Å²) in [6, 6.07) is 8.08. The number of aromatic nitrogens is 3. The van der Waals surface area contributed by atoms with E-state index in [1.807, 2.05) is 19.1 Å². The van der Waals surface area contributed by atoms with Gasteiger partial charge in [0.15, 0.2) is 0 Å². The van der Waals surface area contributed by atoms with Gasteiger partial charge in [-0.25, -0.2) is 4.98 Å². The molecule has 3 aromatic rings. The lowest BCUT2D eigenvalue weighted by atomic mass is 10.0. The van der Waals surface area contributed by atoms with E-state index in [0.717, 1.165) is 52.8 Å². The maximum absolute atomic E-state index is 9.37. The van der Waals surface area contributed by atoms with Crippen LogP contribution in [0.25, 0.3) is 21.9 Å². The Morgan fingerprint density at radius 3 is 3.07 bits per heavy atom. The molecule has 148 valence electrons. The van der Waals surface area contributed by atoms with Gasteiger partial charge >= 0.3 is 0 Å². The number of benzene rings is 1. The van der Waals surface area contributed by atoms with Crippen molar-refractivity contribution in [2.75, 3.05) is 6.61 Å². The van der Waals surface area contributed by atoms with E-state index in [4.69, 9.17) is 15.5 Å². The predicted octanol–water partition coefficient (Wildman–Crippen LogP) is 3.63. The Kier molecular flexibility index (Phi) is 5.28. The molecule has 1 aliphatic rings. The fourth-order valence-electron chi connectivity index (χ4n) is 3.92. The van der Waals surface area contributed by atoms with Crippen LogP contribution in [-0.4, -0.2) is 33.5 Å². The number of ether oxygens (including phenoxy) is 1. The summed E-state index contributed by atoms with van der Waals surface area (Å²) >= 11 is 0. The minimum Gasteiger partial charge on any atom is -0.404 e. The summed E-state index contributed by atoms with van der Waals surface area (Å²) in [6.07, 6.45) is 7.12. The maximum Gasteiger partial charge on any atom is 0.131 e. The zero-order valence-corrected chi connectivity index (χ0v) is 16.7. The molecule has 1 aliphatic heterocycles. The summed E-state index contributed by atoms with van der Waals surface area (Å²) in [5.41, 5.74) is 9.75. The Balaban J connectivity index is 1.91. The quantitative estimate of drug-likeness (QED) is 0.688. The lowest BCUT2D eigenvalue weighted by molar-refractivity contribution is 0.00627. The second-order valence-corrected chi connectivity index (χ2v) is 7.47. The molecule has 0 saturated carbocycles. The summed E-state index contributed by atoms with van der Waals surface area (Å²) in [6.45, 7) is 5.18. The SMILES string of the molecule is CC(C=NCc1nc2cnc3ccc(C#N)cc3c2n1C1CCOC(C)C1)=CN. The number of rotatable bonds is 4. The van der Waals surface area contributed by atoms with Crippen molar-refractivity contribution < 1.29 is 4.74 Å². The molecule has 1 fully saturated rings. The van der Waals surface area contributed by atoms with E-state index in [9.17, 15) is 5.26 Å². The van der Waals surface area contributed by atoms with Crippen LogP contribution < -0.4 is 5.73 Å². The van der Waals surface area contributed by atoms with Gasteiger partial charge < -0.3 is 15.0 Å². The van der Waals surface area contributed by atoms with Gasteiger partial charge in [-0.1, -0.05) is 0 Å². The number of nitrogens with zero attached hydrogens (tertiary/aromatic N) is 5. The molecule has 0 bridgehead atoms. The van der Waals surface area contributed by atoms with Gasteiger partial charge in [0.05, 0.1) is 41.5 Å². The van der Waals surface area contributed by atoms with Crippen molar-refractivity contribution in [2.45, 2.75) is 45.4 Å². The van der Waals surface area contributed by atoms with E-state index in [1.54, 1.807) is 18.5 Å². The van der Waals surface area contributed by atoms with Crippen molar-refractivity contribution in [2.24, 2.45) is 10.7 Å². The largest absolute Gasteiger partial charge is 0.404 e. The average Bonchev–Trinajstić information content (AvgIpc) is 3.12. The van der Waals surface area contributed by atoms with Gasteiger partial charge in [0, 0.05) is 24.2 Å². The van der Waals surface area contributed by atoms with Crippen LogP contribution in [0.15, 0.2) is 41.2 Å². The van der Waals surface area contributed by atoms with Gasteiger partial charge in [-0.3, -0.25) is 9.98 Å². The number of fused-ring (bicyclic) bond motifs is 3. The lowest BCUT2D eigenvalue weighted by Gasteiger charge is -2.30. The van der Waals surface area contributed by atoms with Gasteiger partial charge in [-0.05, 0) is 56.7 Å². The highest BCUT2D eigenvalue weighted by molar-refractivity contribution is 6.02. The molecule has 2 N–H and O–H groups in total. The van der Waals surface area contributed by atoms with E-state index in [2.05, 4.69) is 27.5 Å². The van der Waals surface area contributed by atoms with E-state index < -0.39 is 0 Å². The van der Waals surface area contributed by atoms with Gasteiger partial charge in [0.25, 0.3) is 0 Å². The third-order valence-corrected chi connectivity index (χ3v) is 5.33. The average molecular weight is 388 g/mol. The molecule has 29 heavy (non-hydrogen) atoms. The molecule has 0 spiro atoms. The van der Waals surface area contributed by atoms with Crippen molar-refractivity contribution in [3.63, 3.8) is 0 Å². The zero-order chi connectivity index (χ0) is 20.4. The molecule has 0 radical (unpaired) electrons. The molecule has 7 heteroatoms. The van der Waals surface area contributed by atoms with Crippen LogP contribution in [0.2, 0.25) is 0 Å². The number of pyridine rings is 1. The highest BCUT2D eigenvalue weighted by atomic mass is 16.5. The molecule has 4 rings (SSSR count). The Labute approximate surface area is 169 Å². The highest BCUT2D eigenvalue weighted by Gasteiger charge is 2.26.